The first-order valence-corrected chi connectivity index (χ1v) is 3.83. The molecule has 0 fully saturated rings. The Hall–Kier alpha value is -0.990. The number of benzene rings is 1. The molecule has 0 saturated carbocycles. The zero-order valence-corrected chi connectivity index (χ0v) is 7.50. The maximum absolute atomic E-state index is 13.1. The van der Waals surface area contributed by atoms with Gasteiger partial charge in [-0.25, -0.2) is 13.2 Å². The lowest BCUT2D eigenvalue weighted by molar-refractivity contribution is 0.478. The van der Waals surface area contributed by atoms with Gasteiger partial charge in [-0.15, -0.1) is 0 Å². The third-order valence-corrected chi connectivity index (χ3v) is 1.74. The van der Waals surface area contributed by atoms with E-state index in [0.717, 1.165) is 6.07 Å². The van der Waals surface area contributed by atoms with Gasteiger partial charge in [0.2, 0.25) is 0 Å². The van der Waals surface area contributed by atoms with Crippen molar-refractivity contribution < 1.29 is 13.2 Å². The molecule has 0 bridgehead atoms. The third kappa shape index (κ3) is 2.02. The molecule has 13 heavy (non-hydrogen) atoms. The summed E-state index contributed by atoms with van der Waals surface area (Å²) in [4.78, 5) is 0. The minimum atomic E-state index is -1.18. The van der Waals surface area contributed by atoms with Gasteiger partial charge in [0.15, 0.2) is 11.6 Å². The Morgan fingerprint density at radius 3 is 1.92 bits per heavy atom. The van der Waals surface area contributed by atoms with Crippen molar-refractivity contribution in [2.24, 2.45) is 0 Å². The fraction of sp³-hybridized carbons (Fsp3) is 0.300. The number of hydrogen-bond donors (Lipinski definition) is 0. The molecule has 0 heterocycles. The summed E-state index contributed by atoms with van der Waals surface area (Å²) in [6, 6.07) is 1.38. The van der Waals surface area contributed by atoms with E-state index >= 15 is 0 Å². The van der Waals surface area contributed by atoms with E-state index in [2.05, 4.69) is 6.92 Å². The van der Waals surface area contributed by atoms with Crippen LogP contribution >= 0.6 is 0 Å². The summed E-state index contributed by atoms with van der Waals surface area (Å²) in [6.45, 7) is 6.90. The van der Waals surface area contributed by atoms with E-state index in [1.165, 1.54) is 0 Å². The summed E-state index contributed by atoms with van der Waals surface area (Å²) in [6.07, 6.45) is 0. The monoisotopic (exact) mass is 187 g/mol. The van der Waals surface area contributed by atoms with Crippen molar-refractivity contribution in [2.75, 3.05) is 0 Å². The summed E-state index contributed by atoms with van der Waals surface area (Å²) >= 11 is 0. The van der Waals surface area contributed by atoms with Gasteiger partial charge in [-0.1, -0.05) is 13.8 Å². The number of hydrogen-bond acceptors (Lipinski definition) is 0. The highest BCUT2D eigenvalue weighted by atomic mass is 19.2. The second-order valence-electron chi connectivity index (χ2n) is 3.63. The molecule has 0 aliphatic carbocycles. The lowest BCUT2D eigenvalue weighted by atomic mass is 9.86. The van der Waals surface area contributed by atoms with Crippen LogP contribution in [0.15, 0.2) is 12.1 Å². The zero-order chi connectivity index (χ0) is 10.2. The van der Waals surface area contributed by atoms with Gasteiger partial charge in [0.05, 0.1) is 0 Å². The molecule has 71 valence electrons. The first-order valence-electron chi connectivity index (χ1n) is 3.83. The van der Waals surface area contributed by atoms with Gasteiger partial charge in [0.25, 0.3) is 0 Å². The van der Waals surface area contributed by atoms with Crippen LogP contribution in [0.25, 0.3) is 0 Å². The summed E-state index contributed by atoms with van der Waals surface area (Å²) in [5, 5.41) is 0. The predicted molar refractivity (Wildman–Crippen MR) is 44.7 cm³/mol. The molecular formula is C10H10F3. The van der Waals surface area contributed by atoms with E-state index in [0.29, 0.717) is 6.07 Å². The molecule has 0 nitrogen and oxygen atoms in total. The van der Waals surface area contributed by atoms with Gasteiger partial charge in [0.1, 0.15) is 5.82 Å². The van der Waals surface area contributed by atoms with Crippen LogP contribution in [0.4, 0.5) is 13.2 Å². The molecule has 0 atom stereocenters. The lowest BCUT2D eigenvalue weighted by Crippen LogP contribution is -2.15. The Bertz CT molecular complexity index is 324. The van der Waals surface area contributed by atoms with E-state index in [-0.39, 0.29) is 5.56 Å². The molecule has 1 aromatic carbocycles. The van der Waals surface area contributed by atoms with Crippen LogP contribution in [0, 0.1) is 24.4 Å². The summed E-state index contributed by atoms with van der Waals surface area (Å²) in [5.74, 6) is -2.99. The third-order valence-electron chi connectivity index (χ3n) is 1.74. The quantitative estimate of drug-likeness (QED) is 0.592. The molecule has 0 N–H and O–H groups in total. The van der Waals surface area contributed by atoms with Crippen LogP contribution < -0.4 is 0 Å². The molecule has 0 aliphatic heterocycles. The van der Waals surface area contributed by atoms with Gasteiger partial charge in [0, 0.05) is 6.07 Å². The smallest absolute Gasteiger partial charge is 0.161 e. The fourth-order valence-electron chi connectivity index (χ4n) is 1.04. The maximum atomic E-state index is 13.1. The Morgan fingerprint density at radius 2 is 1.46 bits per heavy atom. The maximum Gasteiger partial charge on any atom is 0.161 e. The normalized spacial score (nSPS) is 11.8. The van der Waals surface area contributed by atoms with Crippen LogP contribution in [0.5, 0.6) is 0 Å². The molecule has 3 heteroatoms. The van der Waals surface area contributed by atoms with E-state index in [4.69, 9.17) is 0 Å². The molecule has 0 spiro atoms. The van der Waals surface area contributed by atoms with E-state index in [9.17, 15) is 13.2 Å². The molecule has 1 aromatic rings. The van der Waals surface area contributed by atoms with Gasteiger partial charge in [-0.2, -0.15) is 0 Å². The standard InChI is InChI=1S/C10H10F3/c1-10(2,3)6-4-8(12)9(13)5-7(6)11/h4-5H,1H2,2-3H3. The number of halogens is 3. The molecule has 0 saturated heterocycles. The van der Waals surface area contributed by atoms with E-state index in [1.54, 1.807) is 13.8 Å². The first kappa shape index (κ1) is 10.1. The molecule has 0 aliphatic rings. The van der Waals surface area contributed by atoms with Crippen LogP contribution in [-0.4, -0.2) is 0 Å². The summed E-state index contributed by atoms with van der Waals surface area (Å²) < 4.78 is 38.3. The SMILES string of the molecule is [CH2]C(C)(C)c1cc(F)c(F)cc1F. The average Bonchev–Trinajstić information content (AvgIpc) is 1.94. The van der Waals surface area contributed by atoms with E-state index in [1.807, 2.05) is 0 Å². The largest absolute Gasteiger partial charge is 0.207 e. The summed E-state index contributed by atoms with van der Waals surface area (Å²) in [5.41, 5.74) is -0.690. The van der Waals surface area contributed by atoms with Crippen LogP contribution in [0.3, 0.4) is 0 Å². The van der Waals surface area contributed by atoms with Crippen molar-refractivity contribution in [3.05, 3.63) is 42.1 Å². The Morgan fingerprint density at radius 1 is 1.00 bits per heavy atom. The first-order chi connectivity index (χ1) is 5.82. The van der Waals surface area contributed by atoms with E-state index < -0.39 is 22.9 Å². The molecule has 1 rings (SSSR count). The minimum Gasteiger partial charge on any atom is -0.207 e. The van der Waals surface area contributed by atoms with Gasteiger partial charge < -0.3 is 0 Å². The zero-order valence-electron chi connectivity index (χ0n) is 7.50. The Labute approximate surface area is 75.4 Å². The average molecular weight is 187 g/mol. The minimum absolute atomic E-state index is 0.0754. The van der Waals surface area contributed by atoms with Gasteiger partial charge >= 0.3 is 0 Å². The van der Waals surface area contributed by atoms with Gasteiger partial charge in [-0.05, 0) is 24.0 Å². The van der Waals surface area contributed by atoms with Crippen molar-refractivity contribution in [2.45, 2.75) is 19.3 Å². The summed E-state index contributed by atoms with van der Waals surface area (Å²) in [7, 11) is 0. The topological polar surface area (TPSA) is 0 Å². The lowest BCUT2D eigenvalue weighted by Gasteiger charge is -2.19. The van der Waals surface area contributed by atoms with Crippen LogP contribution in [-0.2, 0) is 5.41 Å². The van der Waals surface area contributed by atoms with Crippen LogP contribution in [0.2, 0.25) is 0 Å². The van der Waals surface area contributed by atoms with Crippen molar-refractivity contribution in [1.82, 2.24) is 0 Å². The second kappa shape index (κ2) is 3.05. The highest BCUT2D eigenvalue weighted by molar-refractivity contribution is 5.28. The highest BCUT2D eigenvalue weighted by Crippen LogP contribution is 2.26. The molecule has 0 unspecified atom stereocenters. The Kier molecular flexibility index (Phi) is 2.37. The van der Waals surface area contributed by atoms with Crippen molar-refractivity contribution in [1.29, 1.82) is 0 Å². The van der Waals surface area contributed by atoms with Crippen molar-refractivity contribution >= 4 is 0 Å². The molecule has 1 radical (unpaired) electrons. The molecular weight excluding hydrogens is 177 g/mol. The van der Waals surface area contributed by atoms with Crippen LogP contribution in [0.1, 0.15) is 19.4 Å². The molecule has 0 aromatic heterocycles. The molecule has 0 amide bonds. The second-order valence-corrected chi connectivity index (χ2v) is 3.63. The predicted octanol–water partition coefficient (Wildman–Crippen LogP) is 3.22. The number of rotatable bonds is 1. The van der Waals surface area contributed by atoms with Crippen molar-refractivity contribution in [3.63, 3.8) is 0 Å². The van der Waals surface area contributed by atoms with Crippen molar-refractivity contribution in [3.8, 4) is 0 Å². The highest BCUT2D eigenvalue weighted by Gasteiger charge is 2.20. The van der Waals surface area contributed by atoms with Gasteiger partial charge in [-0.3, -0.25) is 0 Å². The fourth-order valence-corrected chi connectivity index (χ4v) is 1.04. The Balaban J connectivity index is 3.32.